The van der Waals surface area contributed by atoms with Gasteiger partial charge in [0, 0.05) is 6.54 Å². The minimum atomic E-state index is -0.842. The second kappa shape index (κ2) is 12.7. The minimum Gasteiger partial charge on any atom is -0.445 e. The highest BCUT2D eigenvalue weighted by Crippen LogP contribution is 2.40. The summed E-state index contributed by atoms with van der Waals surface area (Å²) >= 11 is 0. The lowest BCUT2D eigenvalue weighted by atomic mass is 9.80. The molecule has 0 unspecified atom stereocenters. The summed E-state index contributed by atoms with van der Waals surface area (Å²) in [6.45, 7) is 0.534. The number of hydrogen-bond donors (Lipinski definition) is 2. The van der Waals surface area contributed by atoms with Crippen molar-refractivity contribution in [3.05, 3.63) is 144 Å². The molecule has 0 bridgehead atoms. The molecular formula is C31H31NO4. The van der Waals surface area contributed by atoms with E-state index in [1.54, 1.807) is 0 Å². The summed E-state index contributed by atoms with van der Waals surface area (Å²) < 4.78 is 11.9. The number of hydrogen-bond acceptors (Lipinski definition) is 4. The zero-order valence-electron chi connectivity index (χ0n) is 20.1. The Morgan fingerprint density at radius 3 is 1.64 bits per heavy atom. The summed E-state index contributed by atoms with van der Waals surface area (Å²) in [5, 5.41) is 13.2. The second-order valence-corrected chi connectivity index (χ2v) is 8.51. The highest BCUT2D eigenvalue weighted by Gasteiger charge is 2.37. The second-order valence-electron chi connectivity index (χ2n) is 8.51. The molecule has 0 aliphatic carbocycles. The van der Waals surface area contributed by atoms with E-state index in [4.69, 9.17) is 9.47 Å². The first-order valence-electron chi connectivity index (χ1n) is 12.1. The summed E-state index contributed by atoms with van der Waals surface area (Å²) in [5.74, 6) is 0. The van der Waals surface area contributed by atoms with Gasteiger partial charge < -0.3 is 19.9 Å². The largest absolute Gasteiger partial charge is 0.445 e. The molecule has 4 aromatic carbocycles. The fourth-order valence-corrected chi connectivity index (χ4v) is 4.19. The van der Waals surface area contributed by atoms with Crippen LogP contribution >= 0.6 is 0 Å². The smallest absolute Gasteiger partial charge is 0.407 e. The molecule has 0 spiro atoms. The van der Waals surface area contributed by atoms with E-state index in [0.717, 1.165) is 22.3 Å². The van der Waals surface area contributed by atoms with E-state index in [2.05, 4.69) is 41.7 Å². The molecule has 0 saturated heterocycles. The Kier molecular flexibility index (Phi) is 8.87. The monoisotopic (exact) mass is 481 g/mol. The Hall–Kier alpha value is -3.93. The predicted molar refractivity (Wildman–Crippen MR) is 140 cm³/mol. The molecule has 0 aliphatic heterocycles. The van der Waals surface area contributed by atoms with E-state index < -0.39 is 17.8 Å². The molecule has 36 heavy (non-hydrogen) atoms. The minimum absolute atomic E-state index is 0.0754. The third kappa shape index (κ3) is 6.39. The molecule has 1 amide bonds. The van der Waals surface area contributed by atoms with Crippen LogP contribution in [0.1, 0.15) is 28.7 Å². The van der Waals surface area contributed by atoms with E-state index in [1.165, 1.54) is 0 Å². The van der Waals surface area contributed by atoms with Gasteiger partial charge in [0.2, 0.25) is 0 Å². The molecule has 5 heteroatoms. The average Bonchev–Trinajstić information content (AvgIpc) is 2.95. The maximum Gasteiger partial charge on any atom is 0.407 e. The lowest BCUT2D eigenvalue weighted by Gasteiger charge is -2.36. The molecule has 1 atom stereocenters. The highest BCUT2D eigenvalue weighted by molar-refractivity contribution is 5.67. The first-order valence-corrected chi connectivity index (χ1v) is 12.1. The fourth-order valence-electron chi connectivity index (χ4n) is 4.19. The number of aliphatic hydroxyl groups is 1. The maximum atomic E-state index is 12.0. The molecule has 2 N–H and O–H groups in total. The summed E-state index contributed by atoms with van der Waals surface area (Å²) in [4.78, 5) is 12.0. The molecule has 4 aromatic rings. The zero-order chi connectivity index (χ0) is 25.1. The summed E-state index contributed by atoms with van der Waals surface area (Å²) in [7, 11) is 0. The van der Waals surface area contributed by atoms with Gasteiger partial charge in [-0.1, -0.05) is 121 Å². The van der Waals surface area contributed by atoms with Crippen molar-refractivity contribution in [2.24, 2.45) is 0 Å². The Balaban J connectivity index is 1.42. The van der Waals surface area contributed by atoms with E-state index >= 15 is 0 Å². The van der Waals surface area contributed by atoms with Gasteiger partial charge in [-0.2, -0.15) is 0 Å². The van der Waals surface area contributed by atoms with Crippen LogP contribution < -0.4 is 5.32 Å². The number of alkyl carbamates (subject to hydrolysis) is 1. The SMILES string of the molecule is O=C(NC[C@@H](O)CCOC(c1ccccc1)(c1ccccc1)c1ccccc1)OCc1ccccc1. The van der Waals surface area contributed by atoms with Gasteiger partial charge in [-0.15, -0.1) is 0 Å². The predicted octanol–water partition coefficient (Wildman–Crippen LogP) is 5.67. The van der Waals surface area contributed by atoms with Crippen molar-refractivity contribution < 1.29 is 19.4 Å². The van der Waals surface area contributed by atoms with Crippen LogP contribution in [0.5, 0.6) is 0 Å². The average molecular weight is 482 g/mol. The van der Waals surface area contributed by atoms with Gasteiger partial charge in [-0.25, -0.2) is 4.79 Å². The van der Waals surface area contributed by atoms with Crippen molar-refractivity contribution in [1.82, 2.24) is 5.32 Å². The Morgan fingerprint density at radius 1 is 0.722 bits per heavy atom. The molecule has 0 saturated carbocycles. The Labute approximate surface area is 212 Å². The molecule has 184 valence electrons. The van der Waals surface area contributed by atoms with E-state index in [0.29, 0.717) is 6.42 Å². The molecule has 0 heterocycles. The fraction of sp³-hybridized carbons (Fsp3) is 0.194. The number of carbonyl (C=O) groups excluding carboxylic acids is 1. The number of rotatable bonds is 11. The van der Waals surface area contributed by atoms with Crippen LogP contribution in [0.2, 0.25) is 0 Å². The molecule has 0 radical (unpaired) electrons. The third-order valence-electron chi connectivity index (χ3n) is 6.01. The Morgan fingerprint density at radius 2 is 1.17 bits per heavy atom. The number of nitrogens with one attached hydrogen (secondary N) is 1. The van der Waals surface area contributed by atoms with Gasteiger partial charge in [0.1, 0.15) is 12.2 Å². The van der Waals surface area contributed by atoms with Crippen molar-refractivity contribution in [2.45, 2.75) is 24.7 Å². The van der Waals surface area contributed by atoms with Crippen LogP contribution in [0.25, 0.3) is 0 Å². The number of carbonyl (C=O) groups is 1. The Bertz CT molecular complexity index is 1090. The van der Waals surface area contributed by atoms with Crippen molar-refractivity contribution in [1.29, 1.82) is 0 Å². The topological polar surface area (TPSA) is 67.8 Å². The van der Waals surface area contributed by atoms with Gasteiger partial charge in [0.15, 0.2) is 0 Å². The quantitative estimate of drug-likeness (QED) is 0.271. The molecule has 0 aromatic heterocycles. The van der Waals surface area contributed by atoms with Crippen molar-refractivity contribution >= 4 is 6.09 Å². The number of aliphatic hydroxyl groups excluding tert-OH is 1. The van der Waals surface area contributed by atoms with Crippen LogP contribution in [-0.4, -0.2) is 30.5 Å². The first kappa shape index (κ1) is 25.2. The lowest BCUT2D eigenvalue weighted by molar-refractivity contribution is -0.00519. The first-order chi connectivity index (χ1) is 17.7. The molecule has 5 nitrogen and oxygen atoms in total. The number of benzene rings is 4. The molecule has 0 aliphatic rings. The van der Waals surface area contributed by atoms with Crippen LogP contribution in [0, 0.1) is 0 Å². The van der Waals surface area contributed by atoms with Gasteiger partial charge in [0.25, 0.3) is 0 Å². The molecular weight excluding hydrogens is 450 g/mol. The van der Waals surface area contributed by atoms with Gasteiger partial charge in [-0.3, -0.25) is 0 Å². The zero-order valence-corrected chi connectivity index (χ0v) is 20.1. The van der Waals surface area contributed by atoms with Crippen LogP contribution in [0.15, 0.2) is 121 Å². The van der Waals surface area contributed by atoms with Crippen LogP contribution in [0.4, 0.5) is 4.79 Å². The normalized spacial score (nSPS) is 12.0. The summed E-state index contributed by atoms with van der Waals surface area (Å²) in [6.07, 6.45) is -1.01. The highest BCUT2D eigenvalue weighted by atomic mass is 16.5. The van der Waals surface area contributed by atoms with Gasteiger partial charge in [0.05, 0.1) is 12.7 Å². The number of amides is 1. The number of ether oxygens (including phenoxy) is 2. The maximum absolute atomic E-state index is 12.0. The van der Waals surface area contributed by atoms with Crippen LogP contribution in [0.3, 0.4) is 0 Å². The summed E-state index contributed by atoms with van der Waals surface area (Å²) in [6, 6.07) is 39.7. The van der Waals surface area contributed by atoms with E-state index in [-0.39, 0.29) is 19.8 Å². The standard InChI is InChI=1S/C31H31NO4/c33-29(23-32-30(34)35-24-25-13-5-1-6-14-25)21-22-36-31(26-15-7-2-8-16-26,27-17-9-3-10-18-27)28-19-11-4-12-20-28/h1-20,29,33H,21-24H2,(H,32,34)/t29-/m0/s1. The van der Waals surface area contributed by atoms with Crippen molar-refractivity contribution in [3.8, 4) is 0 Å². The van der Waals surface area contributed by atoms with Crippen molar-refractivity contribution in [2.75, 3.05) is 13.2 Å². The van der Waals surface area contributed by atoms with Crippen LogP contribution in [-0.2, 0) is 21.7 Å². The molecule has 4 rings (SSSR count). The van der Waals surface area contributed by atoms with Crippen molar-refractivity contribution in [3.63, 3.8) is 0 Å². The molecule has 0 fully saturated rings. The van der Waals surface area contributed by atoms with Gasteiger partial charge in [-0.05, 0) is 28.7 Å². The summed E-state index contributed by atoms with van der Waals surface area (Å²) in [5.41, 5.74) is 3.06. The van der Waals surface area contributed by atoms with Gasteiger partial charge >= 0.3 is 6.09 Å². The lowest BCUT2D eigenvalue weighted by Crippen LogP contribution is -2.36. The van der Waals surface area contributed by atoms with E-state index in [9.17, 15) is 9.90 Å². The van der Waals surface area contributed by atoms with E-state index in [1.807, 2.05) is 84.9 Å². The third-order valence-corrected chi connectivity index (χ3v) is 6.01.